The molecule has 0 N–H and O–H groups in total. The second kappa shape index (κ2) is 4.35. The van der Waals surface area contributed by atoms with Gasteiger partial charge in [-0.2, -0.15) is 0 Å². The highest BCUT2D eigenvalue weighted by Crippen LogP contribution is 2.30. The summed E-state index contributed by atoms with van der Waals surface area (Å²) in [5.74, 6) is 0.711. The second-order valence-corrected chi connectivity index (χ2v) is 6.66. The quantitative estimate of drug-likeness (QED) is 0.775. The molecular weight excluding hydrogens is 208 g/mol. The fourth-order valence-electron chi connectivity index (χ4n) is 1.33. The third kappa shape index (κ3) is 2.59. The maximum atomic E-state index is 12.3. The lowest BCUT2D eigenvalue weighted by molar-refractivity contribution is 0.403. The molecule has 0 aliphatic rings. The van der Waals surface area contributed by atoms with Gasteiger partial charge in [0.25, 0.3) is 0 Å². The number of methoxy groups -OCH3 is 1. The summed E-state index contributed by atoms with van der Waals surface area (Å²) in [7, 11) is 0.561. The summed E-state index contributed by atoms with van der Waals surface area (Å²) in [6.45, 7) is 7.86. The van der Waals surface area contributed by atoms with Gasteiger partial charge in [-0.15, -0.1) is 0 Å². The highest BCUT2D eigenvalue weighted by Gasteiger charge is 2.25. The van der Waals surface area contributed by atoms with E-state index < -0.39 is 10.8 Å². The lowest BCUT2D eigenvalue weighted by Crippen LogP contribution is -2.22. The van der Waals surface area contributed by atoms with Crippen molar-refractivity contribution in [1.29, 1.82) is 0 Å². The van der Waals surface area contributed by atoms with Gasteiger partial charge in [-0.3, -0.25) is 4.21 Å². The Labute approximate surface area is 94.1 Å². The summed E-state index contributed by atoms with van der Waals surface area (Å²) in [4.78, 5) is 0.813. The molecule has 84 valence electrons. The van der Waals surface area contributed by atoms with Crippen molar-refractivity contribution in [2.24, 2.45) is 0 Å². The molecule has 1 aromatic rings. The van der Waals surface area contributed by atoms with Gasteiger partial charge in [0.2, 0.25) is 0 Å². The van der Waals surface area contributed by atoms with Gasteiger partial charge in [0.15, 0.2) is 0 Å². The zero-order valence-electron chi connectivity index (χ0n) is 9.96. The van der Waals surface area contributed by atoms with Gasteiger partial charge in [0.05, 0.1) is 22.8 Å². The Kier molecular flexibility index (Phi) is 3.55. The molecule has 0 aliphatic carbocycles. The molecule has 15 heavy (non-hydrogen) atoms. The monoisotopic (exact) mass is 226 g/mol. The zero-order chi connectivity index (χ0) is 11.6. The molecule has 0 spiro atoms. The molecule has 1 rings (SSSR count). The molecule has 1 aromatic carbocycles. The SMILES string of the molecule is COc1cccc(C)c1S(=O)C(C)(C)C. The van der Waals surface area contributed by atoms with E-state index >= 15 is 0 Å². The van der Waals surface area contributed by atoms with Crippen LogP contribution in [0.2, 0.25) is 0 Å². The number of ether oxygens (including phenoxy) is 1. The predicted octanol–water partition coefficient (Wildman–Crippen LogP) is 2.91. The Morgan fingerprint density at radius 2 is 1.87 bits per heavy atom. The minimum Gasteiger partial charge on any atom is -0.495 e. The number of hydrogen-bond donors (Lipinski definition) is 0. The van der Waals surface area contributed by atoms with Crippen LogP contribution in [0, 0.1) is 6.92 Å². The number of hydrogen-bond acceptors (Lipinski definition) is 2. The summed E-state index contributed by atoms with van der Waals surface area (Å²) in [6.07, 6.45) is 0. The summed E-state index contributed by atoms with van der Waals surface area (Å²) in [6, 6.07) is 5.73. The predicted molar refractivity (Wildman–Crippen MR) is 63.9 cm³/mol. The molecule has 0 saturated carbocycles. The normalized spacial score (nSPS) is 13.7. The van der Waals surface area contributed by atoms with Crippen molar-refractivity contribution in [3.05, 3.63) is 23.8 Å². The van der Waals surface area contributed by atoms with E-state index in [1.807, 2.05) is 45.9 Å². The van der Waals surface area contributed by atoms with Crippen LogP contribution in [-0.2, 0) is 10.8 Å². The smallest absolute Gasteiger partial charge is 0.135 e. The number of benzene rings is 1. The minimum absolute atomic E-state index is 0.264. The zero-order valence-corrected chi connectivity index (χ0v) is 10.8. The topological polar surface area (TPSA) is 26.3 Å². The van der Waals surface area contributed by atoms with Crippen molar-refractivity contribution in [3.8, 4) is 5.75 Å². The molecule has 0 radical (unpaired) electrons. The van der Waals surface area contributed by atoms with Crippen molar-refractivity contribution >= 4 is 10.8 Å². The van der Waals surface area contributed by atoms with Crippen LogP contribution in [0.3, 0.4) is 0 Å². The average Bonchev–Trinajstić information content (AvgIpc) is 2.15. The summed E-state index contributed by atoms with van der Waals surface area (Å²) in [5.41, 5.74) is 1.02. The van der Waals surface area contributed by atoms with Crippen LogP contribution in [0.15, 0.2) is 23.1 Å². The van der Waals surface area contributed by atoms with E-state index in [1.54, 1.807) is 7.11 Å². The third-order valence-electron chi connectivity index (χ3n) is 2.14. The van der Waals surface area contributed by atoms with E-state index in [2.05, 4.69) is 0 Å². The molecule has 0 heterocycles. The van der Waals surface area contributed by atoms with Gasteiger partial charge < -0.3 is 4.74 Å². The van der Waals surface area contributed by atoms with Crippen LogP contribution in [0.4, 0.5) is 0 Å². The van der Waals surface area contributed by atoms with Crippen LogP contribution < -0.4 is 4.74 Å². The van der Waals surface area contributed by atoms with Crippen molar-refractivity contribution in [2.75, 3.05) is 7.11 Å². The van der Waals surface area contributed by atoms with E-state index in [-0.39, 0.29) is 4.75 Å². The molecule has 0 bridgehead atoms. The van der Waals surface area contributed by atoms with E-state index in [4.69, 9.17) is 4.74 Å². The van der Waals surface area contributed by atoms with Gasteiger partial charge in [0, 0.05) is 4.75 Å². The van der Waals surface area contributed by atoms with Crippen LogP contribution in [0.5, 0.6) is 5.75 Å². The Balaban J connectivity index is 3.30. The first kappa shape index (κ1) is 12.2. The van der Waals surface area contributed by atoms with Gasteiger partial charge in [0.1, 0.15) is 5.75 Å². The highest BCUT2D eigenvalue weighted by atomic mass is 32.2. The molecule has 1 atom stereocenters. The first-order valence-electron chi connectivity index (χ1n) is 4.93. The Hall–Kier alpha value is -0.830. The maximum absolute atomic E-state index is 12.3. The number of aryl methyl sites for hydroxylation is 1. The molecular formula is C12H18O2S. The van der Waals surface area contributed by atoms with Crippen LogP contribution in [-0.4, -0.2) is 16.1 Å². The van der Waals surface area contributed by atoms with Crippen molar-refractivity contribution in [3.63, 3.8) is 0 Å². The summed E-state index contributed by atoms with van der Waals surface area (Å²) >= 11 is 0. The summed E-state index contributed by atoms with van der Waals surface area (Å²) in [5, 5.41) is 0. The number of rotatable bonds is 2. The first-order valence-corrected chi connectivity index (χ1v) is 6.08. The fraction of sp³-hybridized carbons (Fsp3) is 0.500. The second-order valence-electron chi connectivity index (χ2n) is 4.49. The van der Waals surface area contributed by atoms with E-state index in [1.165, 1.54) is 0 Å². The van der Waals surface area contributed by atoms with Crippen LogP contribution in [0.1, 0.15) is 26.3 Å². The van der Waals surface area contributed by atoms with E-state index in [0.717, 1.165) is 10.5 Å². The van der Waals surface area contributed by atoms with Gasteiger partial charge in [-0.1, -0.05) is 12.1 Å². The van der Waals surface area contributed by atoms with Crippen molar-refractivity contribution in [2.45, 2.75) is 37.3 Å². The van der Waals surface area contributed by atoms with E-state index in [9.17, 15) is 4.21 Å². The standard InChI is InChI=1S/C12H18O2S/c1-9-7-6-8-10(14-5)11(9)15(13)12(2,3)4/h6-8H,1-5H3. The molecule has 2 nitrogen and oxygen atoms in total. The molecule has 0 saturated heterocycles. The largest absolute Gasteiger partial charge is 0.495 e. The van der Waals surface area contributed by atoms with Gasteiger partial charge in [-0.25, -0.2) is 0 Å². The Bertz CT molecular complexity index is 378. The maximum Gasteiger partial charge on any atom is 0.135 e. The molecule has 0 fully saturated rings. The average molecular weight is 226 g/mol. The lowest BCUT2D eigenvalue weighted by Gasteiger charge is -2.20. The van der Waals surface area contributed by atoms with E-state index in [0.29, 0.717) is 5.75 Å². The molecule has 1 unspecified atom stereocenters. The van der Waals surface area contributed by atoms with Gasteiger partial charge >= 0.3 is 0 Å². The lowest BCUT2D eigenvalue weighted by atomic mass is 10.2. The molecule has 0 aromatic heterocycles. The molecule has 0 aliphatic heterocycles. The summed E-state index contributed by atoms with van der Waals surface area (Å²) < 4.78 is 17.3. The van der Waals surface area contributed by atoms with Crippen LogP contribution >= 0.6 is 0 Å². The van der Waals surface area contributed by atoms with Crippen molar-refractivity contribution < 1.29 is 8.95 Å². The fourth-order valence-corrected chi connectivity index (χ4v) is 2.64. The van der Waals surface area contributed by atoms with Crippen molar-refractivity contribution in [1.82, 2.24) is 0 Å². The minimum atomic E-state index is -1.05. The molecule has 3 heteroatoms. The molecule has 0 amide bonds. The third-order valence-corrected chi connectivity index (χ3v) is 4.14. The first-order chi connectivity index (χ1) is 6.88. The van der Waals surface area contributed by atoms with Gasteiger partial charge in [-0.05, 0) is 39.3 Å². The Morgan fingerprint density at radius 1 is 1.27 bits per heavy atom. The van der Waals surface area contributed by atoms with Crippen LogP contribution in [0.25, 0.3) is 0 Å². The highest BCUT2D eigenvalue weighted by molar-refractivity contribution is 7.86. The Morgan fingerprint density at radius 3 is 2.33 bits per heavy atom.